The number of benzene rings is 2. The van der Waals surface area contributed by atoms with E-state index in [9.17, 15) is 13.2 Å². The first-order valence-electron chi connectivity index (χ1n) is 8.77. The Hall–Kier alpha value is -2.58. The third-order valence-electron chi connectivity index (χ3n) is 4.46. The highest BCUT2D eigenvalue weighted by Gasteiger charge is 2.20. The van der Waals surface area contributed by atoms with Gasteiger partial charge in [0, 0.05) is 12.6 Å². The van der Waals surface area contributed by atoms with Crippen LogP contribution >= 0.6 is 0 Å². The summed E-state index contributed by atoms with van der Waals surface area (Å²) in [6.07, 6.45) is 2.12. The van der Waals surface area contributed by atoms with Crippen molar-refractivity contribution in [2.75, 3.05) is 24.9 Å². The summed E-state index contributed by atoms with van der Waals surface area (Å²) >= 11 is 0. The van der Waals surface area contributed by atoms with Gasteiger partial charge in [-0.25, -0.2) is 8.42 Å². The van der Waals surface area contributed by atoms with E-state index in [-0.39, 0.29) is 28.1 Å². The smallest absolute Gasteiger partial charge is 0.261 e. The minimum absolute atomic E-state index is 0.0914. The number of ether oxygens (including phenoxy) is 1. The molecule has 1 atom stereocenters. The highest BCUT2D eigenvalue weighted by atomic mass is 32.2. The summed E-state index contributed by atoms with van der Waals surface area (Å²) in [5.74, 6) is 0.256. The number of rotatable bonds is 7. The van der Waals surface area contributed by atoms with Gasteiger partial charge in [-0.1, -0.05) is 12.1 Å². The van der Waals surface area contributed by atoms with Crippen LogP contribution in [0.2, 0.25) is 0 Å². The van der Waals surface area contributed by atoms with Crippen molar-refractivity contribution in [2.45, 2.75) is 23.8 Å². The van der Waals surface area contributed by atoms with Gasteiger partial charge in [-0.2, -0.15) is 0 Å². The molecular weight excluding hydrogens is 366 g/mol. The molecule has 0 saturated carbocycles. The third kappa shape index (κ3) is 4.78. The maximum atomic E-state index is 12.6. The van der Waals surface area contributed by atoms with Crippen LogP contribution in [0.25, 0.3) is 0 Å². The van der Waals surface area contributed by atoms with Crippen molar-refractivity contribution in [1.29, 1.82) is 0 Å². The normalized spacial score (nSPS) is 16.7. The van der Waals surface area contributed by atoms with Gasteiger partial charge in [0.05, 0.1) is 23.3 Å². The van der Waals surface area contributed by atoms with E-state index >= 15 is 0 Å². The third-order valence-corrected chi connectivity index (χ3v) is 5.84. The van der Waals surface area contributed by atoms with Gasteiger partial charge in [-0.15, -0.1) is 0 Å². The fraction of sp³-hybridized carbons (Fsp3) is 0.316. The number of nitrogens with one attached hydrogen (secondary N) is 3. The van der Waals surface area contributed by atoms with Gasteiger partial charge in [0.15, 0.2) is 0 Å². The Morgan fingerprint density at radius 3 is 2.59 bits per heavy atom. The molecule has 1 saturated heterocycles. The van der Waals surface area contributed by atoms with E-state index in [1.807, 2.05) is 0 Å². The van der Waals surface area contributed by atoms with Gasteiger partial charge >= 0.3 is 0 Å². The first-order chi connectivity index (χ1) is 13.0. The molecule has 1 fully saturated rings. The van der Waals surface area contributed by atoms with Crippen LogP contribution in [0.5, 0.6) is 5.75 Å². The molecule has 3 N–H and O–H groups in total. The van der Waals surface area contributed by atoms with E-state index < -0.39 is 10.0 Å². The molecule has 0 aromatic heterocycles. The molecular formula is C19H23N3O4S. The van der Waals surface area contributed by atoms with Crippen LogP contribution in [0, 0.1) is 0 Å². The Balaban J connectivity index is 1.75. The van der Waals surface area contributed by atoms with Crippen LogP contribution in [0.1, 0.15) is 23.2 Å². The summed E-state index contributed by atoms with van der Waals surface area (Å²) in [5, 5.41) is 6.18. The zero-order valence-electron chi connectivity index (χ0n) is 15.1. The lowest BCUT2D eigenvalue weighted by molar-refractivity contribution is 0.0951. The molecule has 7 nitrogen and oxygen atoms in total. The van der Waals surface area contributed by atoms with Crippen molar-refractivity contribution >= 4 is 21.6 Å². The van der Waals surface area contributed by atoms with Gasteiger partial charge in [-0.05, 0) is 55.8 Å². The van der Waals surface area contributed by atoms with E-state index in [0.29, 0.717) is 12.3 Å². The minimum Gasteiger partial charge on any atom is -0.497 e. The number of para-hydroxylation sites is 1. The number of amides is 1. The first-order valence-corrected chi connectivity index (χ1v) is 10.3. The number of carbonyl (C=O) groups is 1. The van der Waals surface area contributed by atoms with Crippen molar-refractivity contribution in [3.05, 3.63) is 54.1 Å². The number of sulfonamides is 1. The lowest BCUT2D eigenvalue weighted by atomic mass is 10.1. The topological polar surface area (TPSA) is 96.5 Å². The fourth-order valence-electron chi connectivity index (χ4n) is 2.97. The molecule has 27 heavy (non-hydrogen) atoms. The van der Waals surface area contributed by atoms with Crippen LogP contribution in [-0.2, 0) is 10.0 Å². The molecule has 2 aromatic rings. The second-order valence-corrected chi connectivity index (χ2v) is 8.01. The Bertz CT molecular complexity index is 891. The number of hydrogen-bond donors (Lipinski definition) is 3. The summed E-state index contributed by atoms with van der Waals surface area (Å²) in [5.41, 5.74) is 0.526. The second-order valence-electron chi connectivity index (χ2n) is 6.33. The molecule has 144 valence electrons. The number of hydrogen-bond acceptors (Lipinski definition) is 5. The largest absolute Gasteiger partial charge is 0.497 e. The Morgan fingerprint density at radius 2 is 1.93 bits per heavy atom. The molecule has 0 aliphatic carbocycles. The summed E-state index contributed by atoms with van der Waals surface area (Å²) in [6, 6.07) is 12.9. The molecule has 8 heteroatoms. The van der Waals surface area contributed by atoms with Gasteiger partial charge in [0.2, 0.25) is 0 Å². The molecule has 1 unspecified atom stereocenters. The van der Waals surface area contributed by atoms with E-state index in [1.54, 1.807) is 36.4 Å². The van der Waals surface area contributed by atoms with Crippen molar-refractivity contribution < 1.29 is 17.9 Å². The quantitative estimate of drug-likeness (QED) is 0.673. The van der Waals surface area contributed by atoms with Crippen molar-refractivity contribution in [3.8, 4) is 5.75 Å². The van der Waals surface area contributed by atoms with Gasteiger partial charge in [-0.3, -0.25) is 9.52 Å². The van der Waals surface area contributed by atoms with Gasteiger partial charge in [0.25, 0.3) is 15.9 Å². The molecule has 1 aliphatic rings. The monoisotopic (exact) mass is 389 g/mol. The lowest BCUT2D eigenvalue weighted by Gasteiger charge is -2.15. The molecule has 0 bridgehead atoms. The Labute approximate surface area is 159 Å². The Kier molecular flexibility index (Phi) is 5.98. The average Bonchev–Trinajstić information content (AvgIpc) is 3.20. The molecule has 1 heterocycles. The van der Waals surface area contributed by atoms with Crippen molar-refractivity contribution in [3.63, 3.8) is 0 Å². The zero-order valence-corrected chi connectivity index (χ0v) is 15.9. The fourth-order valence-corrected chi connectivity index (χ4v) is 4.05. The minimum atomic E-state index is -3.82. The maximum Gasteiger partial charge on any atom is 0.261 e. The van der Waals surface area contributed by atoms with Gasteiger partial charge < -0.3 is 15.4 Å². The van der Waals surface area contributed by atoms with Crippen LogP contribution in [0.3, 0.4) is 0 Å². The van der Waals surface area contributed by atoms with Crippen LogP contribution in [0.15, 0.2) is 53.4 Å². The SMILES string of the molecule is COc1ccc(S(=O)(=O)Nc2ccccc2C(=O)NCC2CCCN2)cc1. The average molecular weight is 389 g/mol. The Morgan fingerprint density at radius 1 is 1.19 bits per heavy atom. The number of anilines is 1. The van der Waals surface area contributed by atoms with Crippen molar-refractivity contribution in [2.24, 2.45) is 0 Å². The molecule has 2 aromatic carbocycles. The molecule has 1 aliphatic heterocycles. The molecule has 0 spiro atoms. The first kappa shape index (κ1) is 19.2. The predicted octanol–water partition coefficient (Wildman–Crippen LogP) is 1.98. The zero-order chi connectivity index (χ0) is 19.3. The van der Waals surface area contributed by atoms with E-state index in [2.05, 4.69) is 15.4 Å². The molecule has 3 rings (SSSR count). The lowest BCUT2D eigenvalue weighted by Crippen LogP contribution is -2.37. The predicted molar refractivity (Wildman–Crippen MR) is 104 cm³/mol. The molecule has 1 amide bonds. The standard InChI is InChI=1S/C19H23N3O4S/c1-26-15-8-10-16(11-9-15)27(24,25)22-18-7-3-2-6-17(18)19(23)21-13-14-5-4-12-20-14/h2-3,6-11,14,20,22H,4-5,12-13H2,1H3,(H,21,23). The number of methoxy groups -OCH3 is 1. The second kappa shape index (κ2) is 8.41. The maximum absolute atomic E-state index is 12.6. The van der Waals surface area contributed by atoms with E-state index in [1.165, 1.54) is 19.2 Å². The van der Waals surface area contributed by atoms with Crippen molar-refractivity contribution in [1.82, 2.24) is 10.6 Å². The summed E-state index contributed by atoms with van der Waals surface area (Å²) in [4.78, 5) is 12.6. The van der Waals surface area contributed by atoms with Crippen LogP contribution in [-0.4, -0.2) is 40.6 Å². The summed E-state index contributed by atoms with van der Waals surface area (Å²) in [6.45, 7) is 1.47. The summed E-state index contributed by atoms with van der Waals surface area (Å²) in [7, 11) is -2.31. The van der Waals surface area contributed by atoms with Crippen LogP contribution in [0.4, 0.5) is 5.69 Å². The van der Waals surface area contributed by atoms with E-state index in [4.69, 9.17) is 4.74 Å². The van der Waals surface area contributed by atoms with Gasteiger partial charge in [0.1, 0.15) is 5.75 Å². The number of carbonyl (C=O) groups excluding carboxylic acids is 1. The highest BCUT2D eigenvalue weighted by molar-refractivity contribution is 7.92. The molecule has 0 radical (unpaired) electrons. The highest BCUT2D eigenvalue weighted by Crippen LogP contribution is 2.22. The summed E-state index contributed by atoms with van der Waals surface area (Å²) < 4.78 is 32.8. The van der Waals surface area contributed by atoms with Crippen LogP contribution < -0.4 is 20.1 Å². The van der Waals surface area contributed by atoms with E-state index in [0.717, 1.165) is 19.4 Å².